The lowest BCUT2D eigenvalue weighted by molar-refractivity contribution is -0.136. The lowest BCUT2D eigenvalue weighted by atomic mass is 10.1. The Hall–Kier alpha value is -1.12. The highest BCUT2D eigenvalue weighted by Gasteiger charge is 2.37. The van der Waals surface area contributed by atoms with Crippen LogP contribution in [0.25, 0.3) is 0 Å². The quantitative estimate of drug-likeness (QED) is 0.773. The summed E-state index contributed by atoms with van der Waals surface area (Å²) in [6.07, 6.45) is 0.478. The predicted octanol–water partition coefficient (Wildman–Crippen LogP) is 3.02. The molecule has 0 amide bonds. The molecule has 1 unspecified atom stereocenters. The molecule has 5 heteroatoms. The molecule has 0 spiro atoms. The van der Waals surface area contributed by atoms with Crippen LogP contribution in [0.3, 0.4) is 0 Å². The van der Waals surface area contributed by atoms with E-state index in [9.17, 15) is 14.5 Å². The van der Waals surface area contributed by atoms with Crippen LogP contribution in [0.4, 0.5) is 0 Å². The van der Waals surface area contributed by atoms with Gasteiger partial charge in [-0.25, -0.2) is 0 Å². The molecule has 0 heterocycles. The van der Waals surface area contributed by atoms with Crippen LogP contribution in [0.1, 0.15) is 19.4 Å². The van der Waals surface area contributed by atoms with Crippen molar-refractivity contribution in [3.05, 3.63) is 35.9 Å². The molecule has 100 valence electrons. The van der Waals surface area contributed by atoms with Gasteiger partial charge in [-0.2, -0.15) is 0 Å². The maximum absolute atomic E-state index is 12.5. The monoisotopic (exact) mass is 270 g/mol. The van der Waals surface area contributed by atoms with E-state index in [4.69, 9.17) is 4.52 Å². The molecule has 2 atom stereocenters. The van der Waals surface area contributed by atoms with Gasteiger partial charge in [0.15, 0.2) is 0 Å². The minimum Gasteiger partial charge on any atom is -0.481 e. The molecule has 18 heavy (non-hydrogen) atoms. The van der Waals surface area contributed by atoms with Crippen LogP contribution < -0.4 is 0 Å². The number of hydrogen-bond acceptors (Lipinski definition) is 3. The topological polar surface area (TPSA) is 63.6 Å². The third kappa shape index (κ3) is 3.69. The van der Waals surface area contributed by atoms with Gasteiger partial charge in [0.05, 0.1) is 6.61 Å². The van der Waals surface area contributed by atoms with E-state index in [1.54, 1.807) is 13.8 Å². The smallest absolute Gasteiger partial charge is 0.316 e. The van der Waals surface area contributed by atoms with Crippen molar-refractivity contribution in [2.45, 2.75) is 25.9 Å². The normalized spacial score (nSPS) is 15.9. The number of rotatable bonds is 7. The maximum Gasteiger partial charge on any atom is 0.316 e. The molecular weight excluding hydrogens is 251 g/mol. The molecule has 0 bridgehead atoms. The summed E-state index contributed by atoms with van der Waals surface area (Å²) in [5.74, 6) is -1.06. The van der Waals surface area contributed by atoms with E-state index < -0.39 is 19.0 Å². The van der Waals surface area contributed by atoms with Gasteiger partial charge in [-0.05, 0) is 18.9 Å². The van der Waals surface area contributed by atoms with Crippen molar-refractivity contribution in [3.63, 3.8) is 0 Å². The number of aliphatic carboxylic acids is 1. The molecule has 0 saturated carbocycles. The third-order valence-corrected chi connectivity index (χ3v) is 5.75. The van der Waals surface area contributed by atoms with E-state index in [1.807, 2.05) is 30.3 Å². The van der Waals surface area contributed by atoms with E-state index >= 15 is 0 Å². The first-order chi connectivity index (χ1) is 8.53. The van der Waals surface area contributed by atoms with Gasteiger partial charge in [0.25, 0.3) is 0 Å². The summed E-state index contributed by atoms with van der Waals surface area (Å²) >= 11 is 0. The van der Waals surface area contributed by atoms with E-state index in [-0.39, 0.29) is 19.2 Å². The molecule has 0 fully saturated rings. The maximum atomic E-state index is 12.5. The molecule has 4 nitrogen and oxygen atoms in total. The highest BCUT2D eigenvalue weighted by molar-refractivity contribution is 7.60. The van der Waals surface area contributed by atoms with Gasteiger partial charge in [-0.1, -0.05) is 37.3 Å². The molecule has 0 radical (unpaired) electrons. The molecule has 1 aromatic carbocycles. The summed E-state index contributed by atoms with van der Waals surface area (Å²) in [5, 5.41) is 9.28. The van der Waals surface area contributed by atoms with Crippen LogP contribution in [0.5, 0.6) is 0 Å². The Bertz CT molecular complexity index is 430. The standard InChI is InChI=1S/C13H19O4P/c1-3-17-18(16,4-2)12(13(14)15)10-11-8-6-5-7-9-11/h5-9,12H,3-4,10H2,1-2H3,(H,14,15)/t12-,18?/m0/s1. The number of benzene rings is 1. The summed E-state index contributed by atoms with van der Waals surface area (Å²) in [6.45, 7) is 3.70. The summed E-state index contributed by atoms with van der Waals surface area (Å²) in [4.78, 5) is 11.3. The van der Waals surface area contributed by atoms with Gasteiger partial charge in [0, 0.05) is 6.16 Å². The van der Waals surface area contributed by atoms with Gasteiger partial charge >= 0.3 is 5.97 Å². The van der Waals surface area contributed by atoms with Crippen LogP contribution in [0, 0.1) is 0 Å². The zero-order chi connectivity index (χ0) is 13.6. The Labute approximate surface area is 107 Å². The molecule has 0 aliphatic heterocycles. The lowest BCUT2D eigenvalue weighted by Gasteiger charge is -2.23. The highest BCUT2D eigenvalue weighted by atomic mass is 31.2. The second kappa shape index (κ2) is 6.72. The van der Waals surface area contributed by atoms with Gasteiger partial charge in [-0.15, -0.1) is 0 Å². The summed E-state index contributed by atoms with van der Waals surface area (Å²) in [7, 11) is -3.13. The molecule has 1 aromatic rings. The Kier molecular flexibility index (Phi) is 5.57. The zero-order valence-corrected chi connectivity index (χ0v) is 11.6. The zero-order valence-electron chi connectivity index (χ0n) is 10.7. The van der Waals surface area contributed by atoms with Gasteiger partial charge < -0.3 is 9.63 Å². The minimum absolute atomic E-state index is 0.237. The molecule has 1 rings (SSSR count). The third-order valence-electron chi connectivity index (χ3n) is 2.82. The second-order valence-corrected chi connectivity index (χ2v) is 6.97. The number of carboxylic acids is 1. The van der Waals surface area contributed by atoms with Crippen molar-refractivity contribution in [3.8, 4) is 0 Å². The Balaban J connectivity index is 2.96. The minimum atomic E-state index is -3.13. The van der Waals surface area contributed by atoms with Gasteiger partial charge in [0.2, 0.25) is 7.37 Å². The number of carboxylic acid groups (broad SMARTS) is 1. The van der Waals surface area contributed by atoms with Crippen LogP contribution in [0.2, 0.25) is 0 Å². The van der Waals surface area contributed by atoms with Crippen LogP contribution in [-0.2, 0) is 20.3 Å². The molecule has 0 saturated heterocycles. The fourth-order valence-electron chi connectivity index (χ4n) is 1.85. The van der Waals surface area contributed by atoms with E-state index in [0.717, 1.165) is 5.56 Å². The number of hydrogen-bond donors (Lipinski definition) is 1. The SMILES string of the molecule is CCOP(=O)(CC)[C@@H](Cc1ccccc1)C(=O)O. The van der Waals surface area contributed by atoms with Gasteiger partial charge in [-0.3, -0.25) is 9.36 Å². The van der Waals surface area contributed by atoms with Crippen molar-refractivity contribution in [2.24, 2.45) is 0 Å². The molecule has 0 aliphatic rings. The predicted molar refractivity (Wildman–Crippen MR) is 71.3 cm³/mol. The Morgan fingerprint density at radius 1 is 1.33 bits per heavy atom. The van der Waals surface area contributed by atoms with Crippen LogP contribution in [0.15, 0.2) is 30.3 Å². The van der Waals surface area contributed by atoms with Crippen molar-refractivity contribution in [1.29, 1.82) is 0 Å². The van der Waals surface area contributed by atoms with Crippen molar-refractivity contribution in [1.82, 2.24) is 0 Å². The van der Waals surface area contributed by atoms with Gasteiger partial charge in [0.1, 0.15) is 5.66 Å². The van der Waals surface area contributed by atoms with Crippen molar-refractivity contribution >= 4 is 13.3 Å². The largest absolute Gasteiger partial charge is 0.481 e. The molecular formula is C13H19O4P. The average Bonchev–Trinajstić information content (AvgIpc) is 2.37. The Morgan fingerprint density at radius 2 is 1.94 bits per heavy atom. The molecule has 1 N–H and O–H groups in total. The van der Waals surface area contributed by atoms with Crippen LogP contribution >= 0.6 is 7.37 Å². The van der Waals surface area contributed by atoms with Crippen molar-refractivity contribution < 1.29 is 19.0 Å². The Morgan fingerprint density at radius 3 is 2.39 bits per heavy atom. The highest BCUT2D eigenvalue weighted by Crippen LogP contribution is 2.52. The van der Waals surface area contributed by atoms with Crippen molar-refractivity contribution in [2.75, 3.05) is 12.8 Å². The lowest BCUT2D eigenvalue weighted by Crippen LogP contribution is -2.25. The van der Waals surface area contributed by atoms with E-state index in [2.05, 4.69) is 0 Å². The first-order valence-corrected chi connectivity index (χ1v) is 7.91. The first kappa shape index (κ1) is 14.9. The van der Waals surface area contributed by atoms with E-state index in [1.165, 1.54) is 0 Å². The summed E-state index contributed by atoms with van der Waals surface area (Å²) in [6, 6.07) is 9.21. The van der Waals surface area contributed by atoms with Crippen LogP contribution in [-0.4, -0.2) is 29.5 Å². The molecule has 0 aromatic heterocycles. The second-order valence-electron chi connectivity index (χ2n) is 4.00. The van der Waals surface area contributed by atoms with E-state index in [0.29, 0.717) is 0 Å². The summed E-state index contributed by atoms with van der Waals surface area (Å²) in [5.41, 5.74) is -0.108. The average molecular weight is 270 g/mol. The molecule has 0 aliphatic carbocycles. The first-order valence-electron chi connectivity index (χ1n) is 6.03. The fraction of sp³-hybridized carbons (Fsp3) is 0.462. The number of carbonyl (C=O) groups is 1. The fourth-order valence-corrected chi connectivity index (χ4v) is 3.92. The summed E-state index contributed by atoms with van der Waals surface area (Å²) < 4.78 is 17.8.